The predicted molar refractivity (Wildman–Crippen MR) is 90.3 cm³/mol. The maximum Gasteiger partial charge on any atom is 0.0344 e. The van der Waals surface area contributed by atoms with Crippen molar-refractivity contribution in [3.63, 3.8) is 0 Å². The first-order valence-corrected chi connectivity index (χ1v) is 7.93. The van der Waals surface area contributed by atoms with Gasteiger partial charge in [0, 0.05) is 16.3 Å². The van der Waals surface area contributed by atoms with Crippen molar-refractivity contribution in [1.29, 1.82) is 0 Å². The fourth-order valence-corrected chi connectivity index (χ4v) is 2.96. The molecule has 0 fully saturated rings. The molecule has 0 unspecified atom stereocenters. The highest BCUT2D eigenvalue weighted by Gasteiger charge is 2.12. The molecule has 2 aromatic rings. The molecule has 0 saturated carbocycles. The summed E-state index contributed by atoms with van der Waals surface area (Å²) in [6.07, 6.45) is 0. The van der Waals surface area contributed by atoms with E-state index in [9.17, 15) is 0 Å². The Morgan fingerprint density at radius 1 is 1.00 bits per heavy atom. The fraction of sp³-hybridized carbons (Fsp3) is 0.333. The topological polar surface area (TPSA) is 26.0 Å². The van der Waals surface area contributed by atoms with E-state index in [2.05, 4.69) is 64.1 Å². The van der Waals surface area contributed by atoms with Crippen LogP contribution in [0.5, 0.6) is 0 Å². The zero-order chi connectivity index (χ0) is 14.8. The number of anilines is 1. The summed E-state index contributed by atoms with van der Waals surface area (Å²) in [7, 11) is 0. The molecule has 0 heterocycles. The number of aryl methyl sites for hydroxylation is 1. The SMILES string of the molecule is Cc1cc(SCc2ccc(C(C)(C)C)cc2)ccc1N. The van der Waals surface area contributed by atoms with Crippen molar-refractivity contribution in [2.75, 3.05) is 5.73 Å². The number of hydrogen-bond donors (Lipinski definition) is 1. The largest absolute Gasteiger partial charge is 0.399 e. The van der Waals surface area contributed by atoms with Gasteiger partial charge in [-0.3, -0.25) is 0 Å². The Hall–Kier alpha value is -1.41. The van der Waals surface area contributed by atoms with Crippen LogP contribution in [0.3, 0.4) is 0 Å². The Kier molecular flexibility index (Phi) is 4.44. The second-order valence-electron chi connectivity index (χ2n) is 6.25. The van der Waals surface area contributed by atoms with Crippen LogP contribution < -0.4 is 5.73 Å². The molecule has 0 atom stereocenters. The van der Waals surface area contributed by atoms with Crippen LogP contribution in [0.4, 0.5) is 5.69 Å². The lowest BCUT2D eigenvalue weighted by Gasteiger charge is -2.19. The summed E-state index contributed by atoms with van der Waals surface area (Å²) in [5, 5.41) is 0. The molecule has 20 heavy (non-hydrogen) atoms. The van der Waals surface area contributed by atoms with E-state index < -0.39 is 0 Å². The molecular weight excluding hydrogens is 262 g/mol. The molecule has 0 amide bonds. The van der Waals surface area contributed by atoms with Gasteiger partial charge in [0.15, 0.2) is 0 Å². The first-order valence-electron chi connectivity index (χ1n) is 6.94. The number of thioether (sulfide) groups is 1. The fourth-order valence-electron chi connectivity index (χ4n) is 2.01. The quantitative estimate of drug-likeness (QED) is 0.622. The van der Waals surface area contributed by atoms with Crippen LogP contribution in [0.25, 0.3) is 0 Å². The molecule has 2 heteroatoms. The van der Waals surface area contributed by atoms with Crippen molar-refractivity contribution in [1.82, 2.24) is 0 Å². The minimum atomic E-state index is 0.222. The van der Waals surface area contributed by atoms with Gasteiger partial charge in [0.2, 0.25) is 0 Å². The van der Waals surface area contributed by atoms with Gasteiger partial charge in [-0.15, -0.1) is 11.8 Å². The summed E-state index contributed by atoms with van der Waals surface area (Å²) >= 11 is 1.85. The smallest absolute Gasteiger partial charge is 0.0344 e. The molecule has 0 aliphatic heterocycles. The molecule has 2 rings (SSSR count). The van der Waals surface area contributed by atoms with Crippen LogP contribution in [0, 0.1) is 6.92 Å². The van der Waals surface area contributed by atoms with Crippen molar-refractivity contribution in [2.45, 2.75) is 43.8 Å². The minimum absolute atomic E-state index is 0.222. The van der Waals surface area contributed by atoms with Gasteiger partial charge in [-0.1, -0.05) is 45.0 Å². The Morgan fingerprint density at radius 3 is 2.20 bits per heavy atom. The average Bonchev–Trinajstić information content (AvgIpc) is 2.40. The van der Waals surface area contributed by atoms with E-state index in [-0.39, 0.29) is 5.41 Å². The van der Waals surface area contributed by atoms with Gasteiger partial charge in [-0.25, -0.2) is 0 Å². The summed E-state index contributed by atoms with van der Waals surface area (Å²) in [6, 6.07) is 15.2. The van der Waals surface area contributed by atoms with Crippen LogP contribution in [0.15, 0.2) is 47.4 Å². The Morgan fingerprint density at radius 2 is 1.65 bits per heavy atom. The number of benzene rings is 2. The monoisotopic (exact) mass is 285 g/mol. The van der Waals surface area contributed by atoms with Crippen molar-refractivity contribution < 1.29 is 0 Å². The summed E-state index contributed by atoms with van der Waals surface area (Å²) < 4.78 is 0. The third-order valence-corrected chi connectivity index (χ3v) is 4.53. The Labute approximate surface area is 126 Å². The highest BCUT2D eigenvalue weighted by atomic mass is 32.2. The predicted octanol–water partition coefficient (Wildman–Crippen LogP) is 5.17. The standard InChI is InChI=1S/C18H23NS/c1-13-11-16(9-10-17(13)19)20-12-14-5-7-15(8-6-14)18(2,3)4/h5-11H,12,19H2,1-4H3. The van der Waals surface area contributed by atoms with Crippen molar-refractivity contribution in [3.8, 4) is 0 Å². The molecular formula is C18H23NS. The van der Waals surface area contributed by atoms with Crippen LogP contribution >= 0.6 is 11.8 Å². The van der Waals surface area contributed by atoms with Crippen LogP contribution in [-0.4, -0.2) is 0 Å². The normalized spacial score (nSPS) is 11.6. The van der Waals surface area contributed by atoms with E-state index in [1.165, 1.54) is 16.0 Å². The first-order chi connectivity index (χ1) is 9.36. The van der Waals surface area contributed by atoms with Gasteiger partial charge >= 0.3 is 0 Å². The molecule has 0 bridgehead atoms. The molecule has 0 radical (unpaired) electrons. The number of hydrogen-bond acceptors (Lipinski definition) is 2. The Bertz CT molecular complexity index is 579. The minimum Gasteiger partial charge on any atom is -0.399 e. The summed E-state index contributed by atoms with van der Waals surface area (Å²) in [5.74, 6) is 0.994. The molecule has 0 aliphatic carbocycles. The second kappa shape index (κ2) is 5.92. The van der Waals surface area contributed by atoms with Gasteiger partial charge in [0.25, 0.3) is 0 Å². The lowest BCUT2D eigenvalue weighted by molar-refractivity contribution is 0.590. The number of nitrogen functional groups attached to an aromatic ring is 1. The van der Waals surface area contributed by atoms with Crippen LogP contribution in [0.1, 0.15) is 37.5 Å². The third-order valence-electron chi connectivity index (χ3n) is 3.47. The van der Waals surface area contributed by atoms with Crippen molar-refractivity contribution in [2.24, 2.45) is 0 Å². The van der Waals surface area contributed by atoms with Crippen molar-refractivity contribution in [3.05, 3.63) is 59.2 Å². The lowest BCUT2D eigenvalue weighted by atomic mass is 9.87. The third kappa shape index (κ3) is 3.80. The maximum atomic E-state index is 5.84. The first kappa shape index (κ1) is 15.0. The zero-order valence-corrected chi connectivity index (χ0v) is 13.6. The van der Waals surface area contributed by atoms with Gasteiger partial charge in [-0.2, -0.15) is 0 Å². The second-order valence-corrected chi connectivity index (χ2v) is 7.30. The van der Waals surface area contributed by atoms with Gasteiger partial charge < -0.3 is 5.73 Å². The van der Waals surface area contributed by atoms with E-state index in [1.807, 2.05) is 17.8 Å². The van der Waals surface area contributed by atoms with Gasteiger partial charge in [0.1, 0.15) is 0 Å². The van der Waals surface area contributed by atoms with Crippen LogP contribution in [-0.2, 0) is 11.2 Å². The number of nitrogens with two attached hydrogens (primary N) is 1. The Balaban J connectivity index is 2.02. The molecule has 0 spiro atoms. The number of rotatable bonds is 3. The summed E-state index contributed by atoms with van der Waals surface area (Å²) in [5.41, 5.74) is 10.8. The van der Waals surface area contributed by atoms with Crippen LogP contribution in [0.2, 0.25) is 0 Å². The van der Waals surface area contributed by atoms with E-state index in [0.717, 1.165) is 17.0 Å². The van der Waals surface area contributed by atoms with E-state index in [4.69, 9.17) is 5.73 Å². The summed E-state index contributed by atoms with van der Waals surface area (Å²) in [4.78, 5) is 1.27. The molecule has 0 aliphatic rings. The van der Waals surface area contributed by atoms with E-state index >= 15 is 0 Å². The zero-order valence-electron chi connectivity index (χ0n) is 12.7. The van der Waals surface area contributed by atoms with E-state index in [0.29, 0.717) is 0 Å². The summed E-state index contributed by atoms with van der Waals surface area (Å²) in [6.45, 7) is 8.78. The van der Waals surface area contributed by atoms with Crippen molar-refractivity contribution >= 4 is 17.4 Å². The molecule has 2 aromatic carbocycles. The molecule has 1 nitrogen and oxygen atoms in total. The highest BCUT2D eigenvalue weighted by Crippen LogP contribution is 2.27. The average molecular weight is 285 g/mol. The highest BCUT2D eigenvalue weighted by molar-refractivity contribution is 7.98. The molecule has 2 N–H and O–H groups in total. The van der Waals surface area contributed by atoms with Gasteiger partial charge in [-0.05, 0) is 47.2 Å². The molecule has 106 valence electrons. The molecule has 0 aromatic heterocycles. The lowest BCUT2D eigenvalue weighted by Crippen LogP contribution is -2.10. The molecule has 0 saturated heterocycles. The maximum absolute atomic E-state index is 5.84. The van der Waals surface area contributed by atoms with E-state index in [1.54, 1.807) is 0 Å². The van der Waals surface area contributed by atoms with Gasteiger partial charge in [0.05, 0.1) is 0 Å².